The van der Waals surface area contributed by atoms with E-state index < -0.39 is 10.0 Å². The number of hydrogen-bond donors (Lipinski definition) is 1. The van der Waals surface area contributed by atoms with Crippen molar-refractivity contribution < 1.29 is 13.2 Å². The highest BCUT2D eigenvalue weighted by atomic mass is 32.2. The Morgan fingerprint density at radius 2 is 1.44 bits per heavy atom. The van der Waals surface area contributed by atoms with Crippen LogP contribution in [0, 0.1) is 6.92 Å². The number of ether oxygens (including phenoxy) is 1. The van der Waals surface area contributed by atoms with E-state index in [9.17, 15) is 8.42 Å². The maximum Gasteiger partial charge on any atom is 0.276 e. The smallest absolute Gasteiger partial charge is 0.276 e. The molecule has 0 saturated heterocycles. The second kappa shape index (κ2) is 8.05. The van der Waals surface area contributed by atoms with Crippen molar-refractivity contribution in [1.82, 2.24) is 4.83 Å². The first-order valence-electron chi connectivity index (χ1n) is 8.35. The Morgan fingerprint density at radius 3 is 2.04 bits per heavy atom. The molecule has 27 heavy (non-hydrogen) atoms. The number of hydrazone groups is 1. The van der Waals surface area contributed by atoms with Crippen LogP contribution in [-0.2, 0) is 10.0 Å². The molecule has 0 amide bonds. The Labute approximate surface area is 159 Å². The molecule has 3 aromatic rings. The van der Waals surface area contributed by atoms with Crippen molar-refractivity contribution in [3.05, 3.63) is 95.6 Å². The van der Waals surface area contributed by atoms with E-state index in [2.05, 4.69) is 9.93 Å². The predicted molar refractivity (Wildman–Crippen MR) is 107 cm³/mol. The van der Waals surface area contributed by atoms with E-state index in [4.69, 9.17) is 4.74 Å². The van der Waals surface area contributed by atoms with Gasteiger partial charge in [0.1, 0.15) is 5.75 Å². The zero-order valence-electron chi connectivity index (χ0n) is 15.1. The molecule has 0 saturated carbocycles. The zero-order valence-corrected chi connectivity index (χ0v) is 15.9. The van der Waals surface area contributed by atoms with Crippen molar-refractivity contribution >= 4 is 15.7 Å². The lowest BCUT2D eigenvalue weighted by Crippen LogP contribution is -2.21. The Hall–Kier alpha value is -3.12. The summed E-state index contributed by atoms with van der Waals surface area (Å²) >= 11 is 0. The topological polar surface area (TPSA) is 67.8 Å². The third-order valence-electron chi connectivity index (χ3n) is 4.02. The molecule has 0 radical (unpaired) electrons. The average molecular weight is 380 g/mol. The fraction of sp³-hybridized carbons (Fsp3) is 0.0952. The van der Waals surface area contributed by atoms with E-state index in [1.54, 1.807) is 31.4 Å². The number of aryl methyl sites for hydroxylation is 1. The van der Waals surface area contributed by atoms with E-state index in [0.29, 0.717) is 11.5 Å². The number of benzene rings is 3. The number of nitrogens with one attached hydrogen (secondary N) is 1. The second-order valence-electron chi connectivity index (χ2n) is 5.96. The molecule has 3 rings (SSSR count). The van der Waals surface area contributed by atoms with Gasteiger partial charge in [-0.15, -0.1) is 0 Å². The first-order valence-corrected chi connectivity index (χ1v) is 9.84. The summed E-state index contributed by atoms with van der Waals surface area (Å²) in [5.74, 6) is 0.714. The molecule has 0 fully saturated rings. The number of rotatable bonds is 6. The highest BCUT2D eigenvalue weighted by Crippen LogP contribution is 2.16. The van der Waals surface area contributed by atoms with E-state index >= 15 is 0 Å². The number of sulfonamides is 1. The summed E-state index contributed by atoms with van der Waals surface area (Å²) in [5.41, 5.74) is 3.08. The van der Waals surface area contributed by atoms with Gasteiger partial charge in [-0.05, 0) is 43.3 Å². The summed E-state index contributed by atoms with van der Waals surface area (Å²) in [5, 5.41) is 4.23. The summed E-state index contributed by atoms with van der Waals surface area (Å²) < 4.78 is 30.3. The molecule has 0 bridgehead atoms. The molecular formula is C21H20N2O3S. The van der Waals surface area contributed by atoms with Crippen LogP contribution in [-0.4, -0.2) is 21.2 Å². The summed E-state index contributed by atoms with van der Waals surface area (Å²) in [4.78, 5) is 2.52. The van der Waals surface area contributed by atoms with Gasteiger partial charge in [0.15, 0.2) is 0 Å². The molecule has 5 nitrogen and oxygen atoms in total. The van der Waals surface area contributed by atoms with Gasteiger partial charge in [-0.2, -0.15) is 18.4 Å². The quantitative estimate of drug-likeness (QED) is 0.523. The van der Waals surface area contributed by atoms with Crippen molar-refractivity contribution in [2.24, 2.45) is 5.10 Å². The highest BCUT2D eigenvalue weighted by Gasteiger charge is 2.14. The molecule has 0 aliphatic heterocycles. The highest BCUT2D eigenvalue weighted by molar-refractivity contribution is 7.89. The van der Waals surface area contributed by atoms with Crippen LogP contribution in [0.4, 0.5) is 0 Å². The van der Waals surface area contributed by atoms with E-state index in [0.717, 1.165) is 16.7 Å². The first-order chi connectivity index (χ1) is 13.0. The number of nitrogens with zero attached hydrogens (tertiary/aromatic N) is 1. The molecule has 138 valence electrons. The van der Waals surface area contributed by atoms with Crippen LogP contribution >= 0.6 is 0 Å². The van der Waals surface area contributed by atoms with Gasteiger partial charge in [-0.1, -0.05) is 48.0 Å². The van der Waals surface area contributed by atoms with Crippen LogP contribution in [0.15, 0.2) is 88.9 Å². The summed E-state index contributed by atoms with van der Waals surface area (Å²) in [6, 6.07) is 23.3. The third-order valence-corrected chi connectivity index (χ3v) is 5.24. The van der Waals surface area contributed by atoms with Crippen LogP contribution in [0.25, 0.3) is 0 Å². The minimum atomic E-state index is -3.76. The van der Waals surface area contributed by atoms with Gasteiger partial charge < -0.3 is 4.74 Å². The van der Waals surface area contributed by atoms with Crippen molar-refractivity contribution in [3.63, 3.8) is 0 Å². The largest absolute Gasteiger partial charge is 0.497 e. The molecule has 0 spiro atoms. The van der Waals surface area contributed by atoms with Crippen molar-refractivity contribution in [3.8, 4) is 5.75 Å². The Kier molecular flexibility index (Phi) is 5.57. The lowest BCUT2D eigenvalue weighted by molar-refractivity contribution is 0.415. The molecule has 0 unspecified atom stereocenters. The Morgan fingerprint density at radius 1 is 0.852 bits per heavy atom. The lowest BCUT2D eigenvalue weighted by Gasteiger charge is -2.10. The standard InChI is InChI=1S/C21H20N2O3S/c1-16-8-14-20(15-9-16)27(24,25)23-22-21(17-6-4-3-5-7-17)18-10-12-19(26-2)13-11-18/h3-15,23H,1-2H3. The fourth-order valence-electron chi connectivity index (χ4n) is 2.52. The van der Waals surface area contributed by atoms with Gasteiger partial charge in [0.25, 0.3) is 10.0 Å². The van der Waals surface area contributed by atoms with Gasteiger partial charge in [0.05, 0.1) is 17.7 Å². The minimum absolute atomic E-state index is 0.166. The van der Waals surface area contributed by atoms with Crippen LogP contribution in [0.2, 0.25) is 0 Å². The Balaban J connectivity index is 1.98. The normalized spacial score (nSPS) is 11.9. The molecule has 0 atom stereocenters. The zero-order chi connectivity index (χ0) is 19.3. The molecular weight excluding hydrogens is 360 g/mol. The van der Waals surface area contributed by atoms with Gasteiger partial charge in [0.2, 0.25) is 0 Å². The first kappa shape index (κ1) is 18.7. The van der Waals surface area contributed by atoms with E-state index in [-0.39, 0.29) is 4.90 Å². The van der Waals surface area contributed by atoms with Crippen LogP contribution < -0.4 is 9.57 Å². The summed E-state index contributed by atoms with van der Waals surface area (Å²) in [6.45, 7) is 1.90. The Bertz CT molecular complexity index is 1030. The molecule has 1 N–H and O–H groups in total. The summed E-state index contributed by atoms with van der Waals surface area (Å²) in [7, 11) is -2.17. The maximum absolute atomic E-state index is 12.6. The average Bonchev–Trinajstić information content (AvgIpc) is 2.70. The van der Waals surface area contributed by atoms with E-state index in [1.807, 2.05) is 61.5 Å². The molecule has 6 heteroatoms. The van der Waals surface area contributed by atoms with Crippen molar-refractivity contribution in [1.29, 1.82) is 0 Å². The van der Waals surface area contributed by atoms with Gasteiger partial charge >= 0.3 is 0 Å². The molecule has 3 aromatic carbocycles. The van der Waals surface area contributed by atoms with E-state index in [1.165, 1.54) is 0 Å². The van der Waals surface area contributed by atoms with Crippen LogP contribution in [0.5, 0.6) is 5.75 Å². The molecule has 0 heterocycles. The third kappa shape index (κ3) is 4.54. The monoisotopic (exact) mass is 380 g/mol. The van der Waals surface area contributed by atoms with Crippen LogP contribution in [0.1, 0.15) is 16.7 Å². The van der Waals surface area contributed by atoms with Crippen LogP contribution in [0.3, 0.4) is 0 Å². The SMILES string of the molecule is COc1ccc(C(=NNS(=O)(=O)c2ccc(C)cc2)c2ccccc2)cc1. The molecule has 0 aromatic heterocycles. The van der Waals surface area contributed by atoms with Gasteiger partial charge in [-0.25, -0.2) is 0 Å². The minimum Gasteiger partial charge on any atom is -0.497 e. The predicted octanol–water partition coefficient (Wildman–Crippen LogP) is 3.73. The van der Waals surface area contributed by atoms with Gasteiger partial charge in [-0.3, -0.25) is 0 Å². The molecule has 0 aliphatic rings. The fourth-order valence-corrected chi connectivity index (χ4v) is 3.33. The molecule has 0 aliphatic carbocycles. The van der Waals surface area contributed by atoms with Crippen molar-refractivity contribution in [2.75, 3.05) is 7.11 Å². The maximum atomic E-state index is 12.6. The van der Waals surface area contributed by atoms with Crippen molar-refractivity contribution in [2.45, 2.75) is 11.8 Å². The van der Waals surface area contributed by atoms with Gasteiger partial charge in [0, 0.05) is 11.1 Å². The number of hydrogen-bond acceptors (Lipinski definition) is 4. The second-order valence-corrected chi connectivity index (χ2v) is 7.62. The number of methoxy groups -OCH3 is 1. The lowest BCUT2D eigenvalue weighted by atomic mass is 10.0. The summed E-state index contributed by atoms with van der Waals surface area (Å²) in [6.07, 6.45) is 0.